The van der Waals surface area contributed by atoms with E-state index in [1.807, 2.05) is 0 Å². The lowest BCUT2D eigenvalue weighted by Crippen LogP contribution is -2.32. The SMILES string of the molecule is O=C(CCn1[nH]c(=O)c2ccccc2c1=O)NCCC1=CCCCC1. The first-order valence-corrected chi connectivity index (χ1v) is 8.81. The van der Waals surface area contributed by atoms with Crippen molar-refractivity contribution in [1.29, 1.82) is 0 Å². The molecule has 1 heterocycles. The van der Waals surface area contributed by atoms with Crippen LogP contribution in [0, 0.1) is 0 Å². The van der Waals surface area contributed by atoms with Gasteiger partial charge >= 0.3 is 0 Å². The molecule has 1 aliphatic carbocycles. The van der Waals surface area contributed by atoms with Gasteiger partial charge in [-0.2, -0.15) is 0 Å². The molecule has 0 saturated carbocycles. The van der Waals surface area contributed by atoms with Gasteiger partial charge in [0.1, 0.15) is 0 Å². The number of aromatic amines is 1. The summed E-state index contributed by atoms with van der Waals surface area (Å²) in [5, 5.41) is 6.17. The molecule has 3 rings (SSSR count). The number of aromatic nitrogens is 2. The van der Waals surface area contributed by atoms with Crippen LogP contribution < -0.4 is 16.4 Å². The number of nitrogens with one attached hydrogen (secondary N) is 2. The first-order valence-electron chi connectivity index (χ1n) is 8.81. The van der Waals surface area contributed by atoms with E-state index < -0.39 is 0 Å². The van der Waals surface area contributed by atoms with Crippen molar-refractivity contribution in [2.24, 2.45) is 0 Å². The van der Waals surface area contributed by atoms with Gasteiger partial charge in [-0.25, -0.2) is 4.68 Å². The van der Waals surface area contributed by atoms with Gasteiger partial charge in [0.05, 0.1) is 17.3 Å². The maximum absolute atomic E-state index is 12.4. The first kappa shape index (κ1) is 17.2. The molecule has 0 radical (unpaired) electrons. The van der Waals surface area contributed by atoms with Gasteiger partial charge in [0.25, 0.3) is 11.1 Å². The van der Waals surface area contributed by atoms with Crippen molar-refractivity contribution in [1.82, 2.24) is 15.1 Å². The van der Waals surface area contributed by atoms with Crippen LogP contribution >= 0.6 is 0 Å². The molecule has 0 atom stereocenters. The van der Waals surface area contributed by atoms with Crippen LogP contribution in [0.4, 0.5) is 0 Å². The Balaban J connectivity index is 1.56. The third kappa shape index (κ3) is 4.26. The molecule has 132 valence electrons. The van der Waals surface area contributed by atoms with Crippen molar-refractivity contribution < 1.29 is 4.79 Å². The zero-order valence-electron chi connectivity index (χ0n) is 14.2. The molecule has 25 heavy (non-hydrogen) atoms. The van der Waals surface area contributed by atoms with E-state index in [9.17, 15) is 14.4 Å². The number of rotatable bonds is 6. The summed E-state index contributed by atoms with van der Waals surface area (Å²) in [6, 6.07) is 6.69. The normalized spacial score (nSPS) is 14.3. The number of carbonyl (C=O) groups excluding carboxylic acids is 1. The minimum atomic E-state index is -0.320. The van der Waals surface area contributed by atoms with E-state index in [1.54, 1.807) is 24.3 Å². The molecule has 2 aromatic rings. The summed E-state index contributed by atoms with van der Waals surface area (Å²) < 4.78 is 1.22. The van der Waals surface area contributed by atoms with E-state index in [0.29, 0.717) is 17.3 Å². The van der Waals surface area contributed by atoms with Gasteiger partial charge in [-0.3, -0.25) is 19.5 Å². The molecular weight excluding hydrogens is 318 g/mol. The number of hydrogen-bond donors (Lipinski definition) is 2. The van der Waals surface area contributed by atoms with Crippen LogP contribution in [0.15, 0.2) is 45.5 Å². The maximum atomic E-state index is 12.4. The van der Waals surface area contributed by atoms with Crippen molar-refractivity contribution in [2.45, 2.75) is 45.1 Å². The van der Waals surface area contributed by atoms with Gasteiger partial charge in [-0.05, 0) is 44.2 Å². The van der Waals surface area contributed by atoms with Crippen molar-refractivity contribution >= 4 is 16.7 Å². The predicted molar refractivity (Wildman–Crippen MR) is 97.6 cm³/mol. The van der Waals surface area contributed by atoms with Crippen LogP contribution in [0.2, 0.25) is 0 Å². The maximum Gasteiger partial charge on any atom is 0.273 e. The summed E-state index contributed by atoms with van der Waals surface area (Å²) in [5.74, 6) is -0.114. The van der Waals surface area contributed by atoms with Gasteiger partial charge in [-0.15, -0.1) is 0 Å². The second-order valence-corrected chi connectivity index (χ2v) is 6.40. The van der Waals surface area contributed by atoms with Crippen molar-refractivity contribution in [3.63, 3.8) is 0 Å². The zero-order valence-corrected chi connectivity index (χ0v) is 14.2. The number of benzene rings is 1. The zero-order chi connectivity index (χ0) is 17.6. The lowest BCUT2D eigenvalue weighted by atomic mass is 9.97. The standard InChI is InChI=1S/C19H23N3O3/c23-17(20-12-10-14-6-2-1-3-7-14)11-13-22-19(25)16-9-5-4-8-15(16)18(24)21-22/h4-6,8-9H,1-3,7,10-13H2,(H,20,23)(H,21,24). The van der Waals surface area contributed by atoms with Crippen molar-refractivity contribution in [3.05, 3.63) is 56.6 Å². The number of aryl methyl sites for hydroxylation is 1. The Labute approximate surface area is 145 Å². The van der Waals surface area contributed by atoms with Crippen LogP contribution in [0.3, 0.4) is 0 Å². The number of H-pyrrole nitrogens is 1. The quantitative estimate of drug-likeness (QED) is 0.789. The highest BCUT2D eigenvalue weighted by Crippen LogP contribution is 2.19. The molecule has 2 N–H and O–H groups in total. The molecule has 1 aromatic heterocycles. The minimum absolute atomic E-state index is 0.114. The Bertz CT molecular complexity index is 908. The molecule has 6 heteroatoms. The summed E-state index contributed by atoms with van der Waals surface area (Å²) in [5.41, 5.74) is 0.817. The third-order valence-corrected chi connectivity index (χ3v) is 4.60. The number of hydrogen-bond acceptors (Lipinski definition) is 3. The molecule has 0 saturated heterocycles. The Kier molecular flexibility index (Phi) is 5.48. The molecule has 1 amide bonds. The highest BCUT2D eigenvalue weighted by Gasteiger charge is 2.09. The monoisotopic (exact) mass is 341 g/mol. The summed E-state index contributed by atoms with van der Waals surface area (Å²) >= 11 is 0. The van der Waals surface area contributed by atoms with Gasteiger partial charge in [0.2, 0.25) is 5.91 Å². The fourth-order valence-electron chi connectivity index (χ4n) is 3.20. The lowest BCUT2D eigenvalue weighted by Gasteiger charge is -2.13. The van der Waals surface area contributed by atoms with Crippen LogP contribution in [0.1, 0.15) is 38.5 Å². The highest BCUT2D eigenvalue weighted by molar-refractivity contribution is 5.80. The smallest absolute Gasteiger partial charge is 0.273 e. The molecule has 0 aliphatic heterocycles. The number of allylic oxidation sites excluding steroid dienone is 1. The topological polar surface area (TPSA) is 84.0 Å². The third-order valence-electron chi connectivity index (χ3n) is 4.60. The van der Waals surface area contributed by atoms with E-state index in [-0.39, 0.29) is 30.0 Å². The van der Waals surface area contributed by atoms with E-state index in [2.05, 4.69) is 16.5 Å². The van der Waals surface area contributed by atoms with Gasteiger partial charge in [0, 0.05) is 13.0 Å². The number of amides is 1. The van der Waals surface area contributed by atoms with E-state index in [4.69, 9.17) is 0 Å². The number of carbonyl (C=O) groups is 1. The summed E-state index contributed by atoms with van der Waals surface area (Å²) in [6.07, 6.45) is 8.08. The molecule has 1 aliphatic rings. The molecule has 0 unspecified atom stereocenters. The summed E-state index contributed by atoms with van der Waals surface area (Å²) in [4.78, 5) is 36.4. The lowest BCUT2D eigenvalue weighted by molar-refractivity contribution is -0.121. The number of fused-ring (bicyclic) bond motifs is 1. The Hall–Kier alpha value is -2.63. The average molecular weight is 341 g/mol. The fourth-order valence-corrected chi connectivity index (χ4v) is 3.20. The highest BCUT2D eigenvalue weighted by atomic mass is 16.2. The molecule has 0 spiro atoms. The van der Waals surface area contributed by atoms with Gasteiger partial charge < -0.3 is 5.32 Å². The Morgan fingerprint density at radius 1 is 1.16 bits per heavy atom. The average Bonchev–Trinajstić information content (AvgIpc) is 2.64. The van der Waals surface area contributed by atoms with E-state index in [0.717, 1.165) is 19.3 Å². The Morgan fingerprint density at radius 2 is 1.96 bits per heavy atom. The second-order valence-electron chi connectivity index (χ2n) is 6.40. The molecule has 6 nitrogen and oxygen atoms in total. The Morgan fingerprint density at radius 3 is 2.72 bits per heavy atom. The predicted octanol–water partition coefficient (Wildman–Crippen LogP) is 2.09. The number of nitrogens with zero attached hydrogens (tertiary/aromatic N) is 1. The van der Waals surface area contributed by atoms with Crippen LogP contribution in [-0.4, -0.2) is 22.2 Å². The summed E-state index contributed by atoms with van der Waals surface area (Å²) in [6.45, 7) is 0.779. The molecule has 0 bridgehead atoms. The van der Waals surface area contributed by atoms with Crippen LogP contribution in [0.25, 0.3) is 10.8 Å². The van der Waals surface area contributed by atoms with Crippen molar-refractivity contribution in [3.8, 4) is 0 Å². The fraction of sp³-hybridized carbons (Fsp3) is 0.421. The van der Waals surface area contributed by atoms with E-state index >= 15 is 0 Å². The largest absolute Gasteiger partial charge is 0.356 e. The minimum Gasteiger partial charge on any atom is -0.356 e. The molecular formula is C19H23N3O3. The molecule has 1 aromatic carbocycles. The van der Waals surface area contributed by atoms with Crippen LogP contribution in [-0.2, 0) is 11.3 Å². The van der Waals surface area contributed by atoms with Gasteiger partial charge in [0.15, 0.2) is 0 Å². The first-order chi connectivity index (χ1) is 12.1. The van der Waals surface area contributed by atoms with E-state index in [1.165, 1.54) is 23.1 Å². The summed E-state index contributed by atoms with van der Waals surface area (Å²) in [7, 11) is 0. The van der Waals surface area contributed by atoms with Crippen molar-refractivity contribution in [2.75, 3.05) is 6.54 Å². The molecule has 0 fully saturated rings. The van der Waals surface area contributed by atoms with Crippen LogP contribution in [0.5, 0.6) is 0 Å². The second kappa shape index (κ2) is 7.96. The van der Waals surface area contributed by atoms with Gasteiger partial charge in [-0.1, -0.05) is 23.8 Å².